The van der Waals surface area contributed by atoms with Crippen LogP contribution in [0.2, 0.25) is 0 Å². The first-order valence-corrected chi connectivity index (χ1v) is 9.96. The number of amides is 2. The lowest BCUT2D eigenvalue weighted by Gasteiger charge is -2.11. The number of nitrogens with zero attached hydrogens (tertiary/aromatic N) is 2. The summed E-state index contributed by atoms with van der Waals surface area (Å²) in [6, 6.07) is 17.3. The fourth-order valence-corrected chi connectivity index (χ4v) is 3.68. The highest BCUT2D eigenvalue weighted by Crippen LogP contribution is 2.25. The Labute approximate surface area is 163 Å². The van der Waals surface area contributed by atoms with Gasteiger partial charge in [0.15, 0.2) is 5.16 Å². The van der Waals surface area contributed by atoms with Crippen LogP contribution in [0.3, 0.4) is 0 Å². The number of hydrogen-bond donors (Lipinski definition) is 1. The molecule has 0 radical (unpaired) electrons. The first-order valence-electron chi connectivity index (χ1n) is 8.97. The van der Waals surface area contributed by atoms with Gasteiger partial charge in [-0.05, 0) is 23.6 Å². The molecule has 3 aromatic rings. The number of para-hydroxylation sites is 2. The van der Waals surface area contributed by atoms with Crippen molar-refractivity contribution < 1.29 is 9.59 Å². The highest BCUT2D eigenvalue weighted by Gasteiger charge is 2.15. The van der Waals surface area contributed by atoms with Crippen molar-refractivity contribution in [1.82, 2.24) is 14.9 Å². The zero-order valence-electron chi connectivity index (χ0n) is 15.5. The number of hydrogen-bond acceptors (Lipinski definition) is 4. The summed E-state index contributed by atoms with van der Waals surface area (Å²) in [7, 11) is 0. The number of fused-ring (bicyclic) bond motifs is 1. The van der Waals surface area contributed by atoms with Crippen LogP contribution >= 0.6 is 11.8 Å². The second-order valence-electron chi connectivity index (χ2n) is 6.81. The first-order chi connectivity index (χ1) is 13.0. The van der Waals surface area contributed by atoms with Crippen LogP contribution in [0.25, 0.3) is 11.0 Å². The van der Waals surface area contributed by atoms with Crippen molar-refractivity contribution >= 4 is 34.6 Å². The molecule has 2 aromatic carbocycles. The maximum atomic E-state index is 12.2. The van der Waals surface area contributed by atoms with E-state index in [0.717, 1.165) is 28.3 Å². The average Bonchev–Trinajstić information content (AvgIpc) is 2.98. The fourth-order valence-electron chi connectivity index (χ4n) is 2.85. The predicted octanol–water partition coefficient (Wildman–Crippen LogP) is 3.67. The Morgan fingerprint density at radius 2 is 1.74 bits per heavy atom. The van der Waals surface area contributed by atoms with E-state index in [1.807, 2.05) is 54.6 Å². The van der Waals surface area contributed by atoms with E-state index in [0.29, 0.717) is 5.92 Å². The van der Waals surface area contributed by atoms with Gasteiger partial charge in [0.1, 0.15) is 0 Å². The third-order valence-corrected chi connectivity index (χ3v) is 4.96. The number of nitrogens with one attached hydrogen (secondary N) is 1. The second-order valence-corrected chi connectivity index (χ2v) is 7.75. The lowest BCUT2D eigenvalue weighted by molar-refractivity contribution is -0.128. The van der Waals surface area contributed by atoms with E-state index in [-0.39, 0.29) is 24.0 Å². The molecular weight excluding hydrogens is 358 g/mol. The van der Waals surface area contributed by atoms with Gasteiger partial charge in [-0.2, -0.15) is 0 Å². The standard InChI is InChI=1S/C21H23N3O2S/c1-15(2)13-24-18-11-7-6-10-17(18)22-21(24)27-14-20(26)23-19(25)12-16-8-4-3-5-9-16/h3-11,15H,12-14H2,1-2H3,(H,23,25,26). The van der Waals surface area contributed by atoms with Gasteiger partial charge in [0, 0.05) is 6.54 Å². The SMILES string of the molecule is CC(C)Cn1c(SCC(=O)NC(=O)Cc2ccccc2)nc2ccccc21. The summed E-state index contributed by atoms with van der Waals surface area (Å²) in [5.41, 5.74) is 2.87. The zero-order valence-corrected chi connectivity index (χ0v) is 16.3. The maximum Gasteiger partial charge on any atom is 0.237 e. The molecule has 27 heavy (non-hydrogen) atoms. The van der Waals surface area contributed by atoms with Crippen molar-refractivity contribution in [3.8, 4) is 0 Å². The predicted molar refractivity (Wildman–Crippen MR) is 109 cm³/mol. The quantitative estimate of drug-likeness (QED) is 0.634. The van der Waals surface area contributed by atoms with E-state index < -0.39 is 0 Å². The highest BCUT2D eigenvalue weighted by molar-refractivity contribution is 7.99. The van der Waals surface area contributed by atoms with Crippen LogP contribution in [0, 0.1) is 5.92 Å². The number of carbonyl (C=O) groups is 2. The molecule has 0 saturated carbocycles. The Morgan fingerprint density at radius 3 is 2.48 bits per heavy atom. The summed E-state index contributed by atoms with van der Waals surface area (Å²) in [6.45, 7) is 5.13. The summed E-state index contributed by atoms with van der Waals surface area (Å²) in [4.78, 5) is 28.8. The first kappa shape index (κ1) is 19.2. The molecule has 0 aliphatic rings. The van der Waals surface area contributed by atoms with E-state index in [1.165, 1.54) is 11.8 Å². The molecule has 0 aliphatic carbocycles. The second kappa shape index (κ2) is 8.86. The number of thioether (sulfide) groups is 1. The molecule has 0 aliphatic heterocycles. The van der Waals surface area contributed by atoms with Crippen molar-refractivity contribution in [1.29, 1.82) is 0 Å². The molecule has 0 fully saturated rings. The van der Waals surface area contributed by atoms with Crippen molar-refractivity contribution in [3.05, 3.63) is 60.2 Å². The molecule has 3 rings (SSSR count). The van der Waals surface area contributed by atoms with Crippen molar-refractivity contribution in [2.45, 2.75) is 32.0 Å². The number of imidazole rings is 1. The molecule has 0 bridgehead atoms. The highest BCUT2D eigenvalue weighted by atomic mass is 32.2. The van der Waals surface area contributed by atoms with Crippen molar-refractivity contribution in [2.75, 3.05) is 5.75 Å². The van der Waals surface area contributed by atoms with Crippen molar-refractivity contribution in [2.24, 2.45) is 5.92 Å². The minimum Gasteiger partial charge on any atom is -0.319 e. The molecule has 6 heteroatoms. The Kier molecular flexibility index (Phi) is 6.29. The number of benzene rings is 2. The summed E-state index contributed by atoms with van der Waals surface area (Å²) < 4.78 is 2.14. The summed E-state index contributed by atoms with van der Waals surface area (Å²) in [6.07, 6.45) is 0.198. The van der Waals surface area contributed by atoms with Gasteiger partial charge in [0.2, 0.25) is 11.8 Å². The van der Waals surface area contributed by atoms with Gasteiger partial charge in [-0.1, -0.05) is 68.1 Å². The summed E-state index contributed by atoms with van der Waals surface area (Å²) in [5, 5.41) is 3.26. The smallest absolute Gasteiger partial charge is 0.237 e. The summed E-state index contributed by atoms with van der Waals surface area (Å²) >= 11 is 1.36. The van der Waals surface area contributed by atoms with Crippen LogP contribution < -0.4 is 5.32 Å². The number of imide groups is 1. The van der Waals surface area contributed by atoms with Crippen LogP contribution in [-0.2, 0) is 22.6 Å². The van der Waals surface area contributed by atoms with Gasteiger partial charge in [-0.25, -0.2) is 4.98 Å². The van der Waals surface area contributed by atoms with Crippen LogP contribution in [-0.4, -0.2) is 27.1 Å². The van der Waals surface area contributed by atoms with Gasteiger partial charge in [0.05, 0.1) is 23.2 Å². The molecule has 0 spiro atoms. The molecular formula is C21H23N3O2S. The lowest BCUT2D eigenvalue weighted by Crippen LogP contribution is -2.33. The van der Waals surface area contributed by atoms with Gasteiger partial charge < -0.3 is 4.57 Å². The largest absolute Gasteiger partial charge is 0.319 e. The van der Waals surface area contributed by atoms with Gasteiger partial charge in [-0.3, -0.25) is 14.9 Å². The van der Waals surface area contributed by atoms with E-state index in [1.54, 1.807) is 0 Å². The molecule has 0 saturated heterocycles. The lowest BCUT2D eigenvalue weighted by atomic mass is 10.1. The van der Waals surface area contributed by atoms with Crippen LogP contribution in [0.15, 0.2) is 59.8 Å². The number of carbonyl (C=O) groups excluding carboxylic acids is 2. The van der Waals surface area contributed by atoms with Crippen molar-refractivity contribution in [3.63, 3.8) is 0 Å². The molecule has 0 unspecified atom stereocenters. The number of rotatable bonds is 7. The van der Waals surface area contributed by atoms with Gasteiger partial charge in [0.25, 0.3) is 0 Å². The minimum absolute atomic E-state index is 0.155. The van der Waals surface area contributed by atoms with E-state index in [2.05, 4.69) is 28.7 Å². The Bertz CT molecular complexity index is 935. The molecule has 0 atom stereocenters. The Balaban J connectivity index is 1.62. The van der Waals surface area contributed by atoms with Gasteiger partial charge >= 0.3 is 0 Å². The number of aromatic nitrogens is 2. The third-order valence-electron chi connectivity index (χ3n) is 3.99. The molecule has 5 nitrogen and oxygen atoms in total. The fraction of sp³-hybridized carbons (Fsp3) is 0.286. The molecule has 2 amide bonds. The average molecular weight is 382 g/mol. The summed E-state index contributed by atoms with van der Waals surface area (Å²) in [5.74, 6) is 0.0249. The van der Waals surface area contributed by atoms with E-state index in [9.17, 15) is 9.59 Å². The molecule has 140 valence electrons. The zero-order chi connectivity index (χ0) is 19.2. The Morgan fingerprint density at radius 1 is 1.04 bits per heavy atom. The van der Waals surface area contributed by atoms with E-state index >= 15 is 0 Å². The van der Waals surface area contributed by atoms with Crippen LogP contribution in [0.4, 0.5) is 0 Å². The molecule has 1 aromatic heterocycles. The maximum absolute atomic E-state index is 12.2. The van der Waals surface area contributed by atoms with Gasteiger partial charge in [-0.15, -0.1) is 0 Å². The monoisotopic (exact) mass is 381 g/mol. The third kappa shape index (κ3) is 5.20. The minimum atomic E-state index is -0.302. The normalized spacial score (nSPS) is 11.1. The van der Waals surface area contributed by atoms with Crippen LogP contribution in [0.1, 0.15) is 19.4 Å². The molecule has 1 N–H and O–H groups in total. The topological polar surface area (TPSA) is 64.0 Å². The van der Waals surface area contributed by atoms with Crippen LogP contribution in [0.5, 0.6) is 0 Å². The molecule has 1 heterocycles. The van der Waals surface area contributed by atoms with E-state index in [4.69, 9.17) is 0 Å². The Hall–Kier alpha value is -2.60.